The maximum absolute atomic E-state index is 13.5. The Morgan fingerprint density at radius 3 is 3.10 bits per heavy atom. The molecule has 2 heterocycles. The number of fused-ring (bicyclic) bond motifs is 1. The topological polar surface area (TPSA) is 33.1 Å². The first-order valence-corrected chi connectivity index (χ1v) is 7.02. The Labute approximate surface area is 118 Å². The molecule has 0 radical (unpaired) electrons. The van der Waals surface area contributed by atoms with Gasteiger partial charge in [-0.15, -0.1) is 0 Å². The van der Waals surface area contributed by atoms with Gasteiger partial charge in [-0.1, -0.05) is 6.92 Å². The molecule has 0 aliphatic carbocycles. The summed E-state index contributed by atoms with van der Waals surface area (Å²) in [5.74, 6) is 0.884. The Morgan fingerprint density at radius 2 is 2.25 bits per heavy atom. The van der Waals surface area contributed by atoms with Crippen molar-refractivity contribution < 1.29 is 4.39 Å². The molecule has 1 aliphatic heterocycles. The molecule has 0 spiro atoms. The highest BCUT2D eigenvalue weighted by molar-refractivity contribution is 5.54. The van der Waals surface area contributed by atoms with Crippen LogP contribution in [0.4, 0.5) is 10.1 Å². The van der Waals surface area contributed by atoms with Crippen molar-refractivity contribution in [3.05, 3.63) is 47.8 Å². The minimum atomic E-state index is -0.180. The highest BCUT2D eigenvalue weighted by Gasteiger charge is 2.19. The second-order valence-corrected chi connectivity index (χ2v) is 5.01. The van der Waals surface area contributed by atoms with Gasteiger partial charge in [-0.05, 0) is 30.3 Å². The van der Waals surface area contributed by atoms with Gasteiger partial charge in [0.1, 0.15) is 11.6 Å². The molecular weight excluding hydrogens is 255 g/mol. The number of anilines is 1. The number of nitrogens with one attached hydrogen (secondary N) is 1. The number of hydrogen-bond acceptors (Lipinski definition) is 3. The summed E-state index contributed by atoms with van der Waals surface area (Å²) in [5, 5.41) is 3.27. The summed E-state index contributed by atoms with van der Waals surface area (Å²) in [7, 11) is 0. The number of halogens is 1. The molecule has 5 heteroatoms. The molecule has 20 heavy (non-hydrogen) atoms. The Kier molecular flexibility index (Phi) is 3.69. The molecule has 1 aromatic carbocycles. The predicted octanol–water partition coefficient (Wildman–Crippen LogP) is 2.15. The van der Waals surface area contributed by atoms with Crippen LogP contribution in [0, 0.1) is 5.82 Å². The number of hydrogen-bond donors (Lipinski definition) is 1. The molecule has 0 amide bonds. The lowest BCUT2D eigenvalue weighted by atomic mass is 10.1. The Bertz CT molecular complexity index is 593. The molecular formula is C15H19FN4. The van der Waals surface area contributed by atoms with E-state index in [1.54, 1.807) is 6.07 Å². The smallest absolute Gasteiger partial charge is 0.128 e. The minimum absolute atomic E-state index is 0.180. The van der Waals surface area contributed by atoms with Crippen LogP contribution >= 0.6 is 0 Å². The normalized spacial score (nSPS) is 14.4. The molecule has 0 bridgehead atoms. The molecule has 3 rings (SSSR count). The summed E-state index contributed by atoms with van der Waals surface area (Å²) >= 11 is 0. The minimum Gasteiger partial charge on any atom is -0.362 e. The molecule has 4 nitrogen and oxygen atoms in total. The molecule has 0 saturated heterocycles. The van der Waals surface area contributed by atoms with Crippen LogP contribution in [0.5, 0.6) is 0 Å². The van der Waals surface area contributed by atoms with Crippen molar-refractivity contribution in [3.8, 4) is 0 Å². The summed E-state index contributed by atoms with van der Waals surface area (Å²) in [6.07, 6.45) is 3.85. The number of nitrogens with zero attached hydrogens (tertiary/aromatic N) is 3. The van der Waals surface area contributed by atoms with Crippen molar-refractivity contribution >= 4 is 5.69 Å². The van der Waals surface area contributed by atoms with E-state index < -0.39 is 0 Å². The fourth-order valence-electron chi connectivity index (χ4n) is 2.64. The lowest BCUT2D eigenvalue weighted by Crippen LogP contribution is -2.34. The fourth-order valence-corrected chi connectivity index (χ4v) is 2.64. The van der Waals surface area contributed by atoms with Crippen LogP contribution in [-0.2, 0) is 19.6 Å². The van der Waals surface area contributed by atoms with Gasteiger partial charge >= 0.3 is 0 Å². The highest BCUT2D eigenvalue weighted by atomic mass is 19.1. The second-order valence-electron chi connectivity index (χ2n) is 5.01. The average Bonchev–Trinajstić information content (AvgIpc) is 2.92. The fraction of sp³-hybridized carbons (Fsp3) is 0.400. The van der Waals surface area contributed by atoms with Crippen molar-refractivity contribution in [1.82, 2.24) is 14.9 Å². The van der Waals surface area contributed by atoms with Gasteiger partial charge in [-0.2, -0.15) is 0 Å². The zero-order valence-electron chi connectivity index (χ0n) is 11.6. The van der Waals surface area contributed by atoms with E-state index in [1.165, 1.54) is 6.07 Å². The summed E-state index contributed by atoms with van der Waals surface area (Å²) in [4.78, 5) is 6.65. The largest absolute Gasteiger partial charge is 0.362 e. The third-order valence-electron chi connectivity index (χ3n) is 3.69. The second kappa shape index (κ2) is 5.63. The highest BCUT2D eigenvalue weighted by Crippen LogP contribution is 2.25. The molecule has 1 N–H and O–H groups in total. The van der Waals surface area contributed by atoms with Crippen LogP contribution in [0.1, 0.15) is 18.3 Å². The SMILES string of the molecule is CCNCc1cc(F)ccc1N1CCn2ccnc2C1. The van der Waals surface area contributed by atoms with Crippen molar-refractivity contribution in [2.45, 2.75) is 26.6 Å². The maximum Gasteiger partial charge on any atom is 0.128 e. The summed E-state index contributed by atoms with van der Waals surface area (Å²) in [6, 6.07) is 5.03. The first-order valence-electron chi connectivity index (χ1n) is 7.02. The van der Waals surface area contributed by atoms with Crippen molar-refractivity contribution in [2.75, 3.05) is 18.0 Å². The van der Waals surface area contributed by atoms with E-state index in [2.05, 4.69) is 26.7 Å². The molecule has 106 valence electrons. The standard InChI is InChI=1S/C15H19FN4/c1-2-17-10-12-9-13(16)3-4-14(12)20-8-7-19-6-5-18-15(19)11-20/h3-6,9,17H,2,7-8,10-11H2,1H3. The monoisotopic (exact) mass is 274 g/mol. The van der Waals surface area contributed by atoms with Crippen LogP contribution < -0.4 is 10.2 Å². The van der Waals surface area contributed by atoms with E-state index in [0.717, 1.165) is 43.3 Å². The quantitative estimate of drug-likeness (QED) is 0.927. The van der Waals surface area contributed by atoms with Crippen LogP contribution in [0.15, 0.2) is 30.6 Å². The summed E-state index contributed by atoms with van der Waals surface area (Å²) in [5.41, 5.74) is 2.11. The zero-order valence-corrected chi connectivity index (χ0v) is 11.6. The molecule has 0 fully saturated rings. The van der Waals surface area contributed by atoms with Gasteiger partial charge in [0, 0.05) is 37.7 Å². The van der Waals surface area contributed by atoms with E-state index in [-0.39, 0.29) is 5.82 Å². The van der Waals surface area contributed by atoms with Crippen LogP contribution in [-0.4, -0.2) is 22.6 Å². The van der Waals surface area contributed by atoms with E-state index in [4.69, 9.17) is 0 Å². The summed E-state index contributed by atoms with van der Waals surface area (Å²) in [6.45, 7) is 6.24. The predicted molar refractivity (Wildman–Crippen MR) is 77.1 cm³/mol. The van der Waals surface area contributed by atoms with E-state index in [1.807, 2.05) is 18.5 Å². The molecule has 0 unspecified atom stereocenters. The Hall–Kier alpha value is -1.88. The van der Waals surface area contributed by atoms with Gasteiger partial charge in [0.15, 0.2) is 0 Å². The van der Waals surface area contributed by atoms with Crippen molar-refractivity contribution in [1.29, 1.82) is 0 Å². The van der Waals surface area contributed by atoms with Crippen LogP contribution in [0.3, 0.4) is 0 Å². The van der Waals surface area contributed by atoms with Gasteiger partial charge in [-0.3, -0.25) is 0 Å². The molecule has 0 saturated carbocycles. The van der Waals surface area contributed by atoms with Gasteiger partial charge in [0.25, 0.3) is 0 Å². The molecule has 0 atom stereocenters. The third-order valence-corrected chi connectivity index (χ3v) is 3.69. The van der Waals surface area contributed by atoms with Crippen molar-refractivity contribution in [2.24, 2.45) is 0 Å². The van der Waals surface area contributed by atoms with Gasteiger partial charge in [-0.25, -0.2) is 9.37 Å². The molecule has 2 aromatic rings. The van der Waals surface area contributed by atoms with Gasteiger partial charge in [0.2, 0.25) is 0 Å². The summed E-state index contributed by atoms with van der Waals surface area (Å²) < 4.78 is 15.6. The third kappa shape index (κ3) is 2.54. The zero-order chi connectivity index (χ0) is 13.9. The molecule has 1 aliphatic rings. The van der Waals surface area contributed by atoms with E-state index in [0.29, 0.717) is 6.54 Å². The van der Waals surface area contributed by atoms with Crippen molar-refractivity contribution in [3.63, 3.8) is 0 Å². The van der Waals surface area contributed by atoms with E-state index in [9.17, 15) is 4.39 Å². The molecule has 1 aromatic heterocycles. The van der Waals surface area contributed by atoms with Crippen LogP contribution in [0.25, 0.3) is 0 Å². The Morgan fingerprint density at radius 1 is 1.35 bits per heavy atom. The van der Waals surface area contributed by atoms with E-state index >= 15 is 0 Å². The Balaban J connectivity index is 1.86. The lowest BCUT2D eigenvalue weighted by Gasteiger charge is -2.31. The average molecular weight is 274 g/mol. The first kappa shape index (κ1) is 13.1. The number of rotatable bonds is 4. The number of imidazole rings is 1. The lowest BCUT2D eigenvalue weighted by molar-refractivity contribution is 0.556. The van der Waals surface area contributed by atoms with Crippen LogP contribution in [0.2, 0.25) is 0 Å². The van der Waals surface area contributed by atoms with Gasteiger partial charge in [0.05, 0.1) is 6.54 Å². The number of aromatic nitrogens is 2. The van der Waals surface area contributed by atoms with Gasteiger partial charge < -0.3 is 14.8 Å². The first-order chi connectivity index (χ1) is 9.78. The number of benzene rings is 1. The maximum atomic E-state index is 13.5.